The van der Waals surface area contributed by atoms with Crippen LogP contribution in [0.2, 0.25) is 0 Å². The number of rotatable bonds is 4. The number of amides is 1. The molecule has 2 saturated carbocycles. The fourth-order valence-electron chi connectivity index (χ4n) is 5.09. The first-order valence-corrected chi connectivity index (χ1v) is 11.0. The molecule has 0 aromatic carbocycles. The highest BCUT2D eigenvalue weighted by Gasteiger charge is 2.43. The monoisotopic (exact) mass is 375 g/mol. The van der Waals surface area contributed by atoms with E-state index < -0.39 is 0 Å². The number of hydrogen-bond donors (Lipinski definition) is 1. The van der Waals surface area contributed by atoms with E-state index >= 15 is 0 Å². The molecule has 26 heavy (non-hydrogen) atoms. The van der Waals surface area contributed by atoms with E-state index in [9.17, 15) is 9.59 Å². The van der Waals surface area contributed by atoms with Crippen molar-refractivity contribution >= 4 is 28.2 Å². The second-order valence-corrected chi connectivity index (χ2v) is 9.60. The molecule has 1 aromatic rings. The van der Waals surface area contributed by atoms with Crippen LogP contribution >= 0.6 is 11.3 Å². The molecule has 0 spiro atoms. The zero-order valence-corrected chi connectivity index (χ0v) is 16.6. The van der Waals surface area contributed by atoms with Gasteiger partial charge in [0.1, 0.15) is 5.00 Å². The van der Waals surface area contributed by atoms with Gasteiger partial charge in [0.25, 0.3) is 0 Å². The molecule has 3 atom stereocenters. The molecule has 1 aromatic heterocycles. The van der Waals surface area contributed by atoms with Gasteiger partial charge in [-0.1, -0.05) is 12.8 Å². The van der Waals surface area contributed by atoms with Crippen molar-refractivity contribution in [2.75, 3.05) is 5.32 Å². The number of carbonyl (C=O) groups excluding carboxylic acids is 2. The third-order valence-electron chi connectivity index (χ3n) is 6.28. The lowest BCUT2D eigenvalue weighted by atomic mass is 9.88. The first-order valence-electron chi connectivity index (χ1n) is 10.2. The molecule has 142 valence electrons. The Bertz CT molecular complexity index is 708. The van der Waals surface area contributed by atoms with Crippen LogP contribution in [0.4, 0.5) is 5.00 Å². The number of fused-ring (bicyclic) bond motifs is 3. The maximum Gasteiger partial charge on any atom is 0.341 e. The lowest BCUT2D eigenvalue weighted by molar-refractivity contribution is -0.121. The zero-order chi connectivity index (χ0) is 18.3. The summed E-state index contributed by atoms with van der Waals surface area (Å²) in [7, 11) is 0. The van der Waals surface area contributed by atoms with E-state index in [2.05, 4.69) is 5.32 Å². The molecular formula is C21H29NO3S. The quantitative estimate of drug-likeness (QED) is 0.598. The molecule has 1 N–H and O–H groups in total. The SMILES string of the molecule is CC(C)OC(=O)c1c(NC(=O)[C@H]2C[C@@H]3CC[C@@H]2C3)sc2c1CCCCC2. The molecule has 0 aliphatic heterocycles. The van der Waals surface area contributed by atoms with Crippen molar-refractivity contribution in [2.24, 2.45) is 17.8 Å². The molecule has 0 saturated heterocycles. The highest BCUT2D eigenvalue weighted by molar-refractivity contribution is 7.17. The number of nitrogens with one attached hydrogen (secondary N) is 1. The maximum atomic E-state index is 12.9. The highest BCUT2D eigenvalue weighted by Crippen LogP contribution is 2.49. The Balaban J connectivity index is 1.60. The van der Waals surface area contributed by atoms with Crippen LogP contribution in [-0.2, 0) is 22.4 Å². The molecule has 4 rings (SSSR count). The molecule has 0 unspecified atom stereocenters. The minimum absolute atomic E-state index is 0.118. The first-order chi connectivity index (χ1) is 12.5. The summed E-state index contributed by atoms with van der Waals surface area (Å²) in [5, 5.41) is 3.88. The van der Waals surface area contributed by atoms with Crippen LogP contribution in [0.25, 0.3) is 0 Å². The van der Waals surface area contributed by atoms with Crippen molar-refractivity contribution in [3.8, 4) is 0 Å². The van der Waals surface area contributed by atoms with Gasteiger partial charge in [-0.3, -0.25) is 4.79 Å². The number of carbonyl (C=O) groups is 2. The summed E-state index contributed by atoms with van der Waals surface area (Å²) in [5.41, 5.74) is 1.76. The van der Waals surface area contributed by atoms with Crippen molar-refractivity contribution in [3.63, 3.8) is 0 Å². The van der Waals surface area contributed by atoms with Gasteiger partial charge in [-0.05, 0) is 76.2 Å². The van der Waals surface area contributed by atoms with E-state index in [0.717, 1.165) is 48.6 Å². The Hall–Kier alpha value is -1.36. The molecule has 2 fully saturated rings. The standard InChI is InChI=1S/C21H29NO3S/c1-12(2)25-21(24)18-15-6-4-3-5-7-17(15)26-20(18)22-19(23)16-11-13-8-9-14(16)10-13/h12-14,16H,3-11H2,1-2H3,(H,22,23)/t13-,14-,16+/m1/s1. The van der Waals surface area contributed by atoms with Gasteiger partial charge >= 0.3 is 5.97 Å². The molecule has 5 heteroatoms. The van der Waals surface area contributed by atoms with Crippen molar-refractivity contribution < 1.29 is 14.3 Å². The van der Waals surface area contributed by atoms with Crippen LogP contribution in [-0.4, -0.2) is 18.0 Å². The number of hydrogen-bond acceptors (Lipinski definition) is 4. The van der Waals surface area contributed by atoms with Gasteiger partial charge in [-0.25, -0.2) is 4.79 Å². The van der Waals surface area contributed by atoms with E-state index in [1.165, 1.54) is 30.6 Å². The Morgan fingerprint density at radius 1 is 1.12 bits per heavy atom. The number of ether oxygens (including phenoxy) is 1. The van der Waals surface area contributed by atoms with Crippen molar-refractivity contribution in [2.45, 2.75) is 77.7 Å². The number of anilines is 1. The van der Waals surface area contributed by atoms with Gasteiger partial charge in [0.05, 0.1) is 11.7 Å². The number of thiophene rings is 1. The molecule has 1 amide bonds. The fourth-order valence-corrected chi connectivity index (χ4v) is 6.37. The van der Waals surface area contributed by atoms with Crippen molar-refractivity contribution in [1.29, 1.82) is 0 Å². The van der Waals surface area contributed by atoms with Gasteiger partial charge < -0.3 is 10.1 Å². The van der Waals surface area contributed by atoms with E-state index in [0.29, 0.717) is 11.5 Å². The van der Waals surface area contributed by atoms with Gasteiger partial charge in [-0.15, -0.1) is 11.3 Å². The van der Waals surface area contributed by atoms with E-state index in [1.54, 1.807) is 11.3 Å². The van der Waals surface area contributed by atoms with Crippen LogP contribution in [0.3, 0.4) is 0 Å². The molecule has 3 aliphatic rings. The lowest BCUT2D eigenvalue weighted by Crippen LogP contribution is -2.27. The Morgan fingerprint density at radius 3 is 2.62 bits per heavy atom. The zero-order valence-electron chi connectivity index (χ0n) is 15.8. The third kappa shape index (κ3) is 3.42. The van der Waals surface area contributed by atoms with Crippen LogP contribution in [0, 0.1) is 17.8 Å². The van der Waals surface area contributed by atoms with Crippen molar-refractivity contribution in [3.05, 3.63) is 16.0 Å². The number of aryl methyl sites for hydroxylation is 1. The molecular weight excluding hydrogens is 346 g/mol. The summed E-state index contributed by atoms with van der Waals surface area (Å²) < 4.78 is 5.52. The van der Waals surface area contributed by atoms with Gasteiger partial charge in [-0.2, -0.15) is 0 Å². The smallest absolute Gasteiger partial charge is 0.341 e. The summed E-state index contributed by atoms with van der Waals surface area (Å²) in [5.74, 6) is 1.25. The largest absolute Gasteiger partial charge is 0.459 e. The summed E-state index contributed by atoms with van der Waals surface area (Å²) in [4.78, 5) is 27.0. The molecule has 2 bridgehead atoms. The van der Waals surface area contributed by atoms with Gasteiger partial charge in [0.15, 0.2) is 0 Å². The molecule has 0 radical (unpaired) electrons. The average molecular weight is 376 g/mol. The van der Waals surface area contributed by atoms with Gasteiger partial charge in [0, 0.05) is 10.8 Å². The third-order valence-corrected chi connectivity index (χ3v) is 7.49. The number of esters is 1. The van der Waals surface area contributed by atoms with E-state index in [1.807, 2.05) is 13.8 Å². The lowest BCUT2D eigenvalue weighted by Gasteiger charge is -2.20. The predicted molar refractivity (Wildman–Crippen MR) is 104 cm³/mol. The summed E-state index contributed by atoms with van der Waals surface area (Å²) >= 11 is 1.61. The molecule has 3 aliphatic carbocycles. The Labute approximate surface area is 159 Å². The van der Waals surface area contributed by atoms with Crippen LogP contribution in [0.15, 0.2) is 0 Å². The Morgan fingerprint density at radius 2 is 1.92 bits per heavy atom. The van der Waals surface area contributed by atoms with E-state index in [-0.39, 0.29) is 23.9 Å². The summed E-state index contributed by atoms with van der Waals surface area (Å²) in [6.07, 6.45) is 9.93. The van der Waals surface area contributed by atoms with Gasteiger partial charge in [0.2, 0.25) is 5.91 Å². The average Bonchev–Trinajstić information content (AvgIpc) is 3.25. The maximum absolute atomic E-state index is 12.9. The summed E-state index contributed by atoms with van der Waals surface area (Å²) in [6.45, 7) is 3.74. The topological polar surface area (TPSA) is 55.4 Å². The predicted octanol–water partition coefficient (Wildman–Crippen LogP) is 4.96. The van der Waals surface area contributed by atoms with Crippen LogP contribution in [0.1, 0.15) is 79.6 Å². The van der Waals surface area contributed by atoms with E-state index in [4.69, 9.17) is 4.74 Å². The van der Waals surface area contributed by atoms with Crippen LogP contribution in [0.5, 0.6) is 0 Å². The fraction of sp³-hybridized carbons (Fsp3) is 0.714. The Kier molecular flexibility index (Phi) is 5.09. The minimum atomic E-state index is -0.275. The second kappa shape index (κ2) is 7.34. The normalized spacial score (nSPS) is 27.3. The molecule has 4 nitrogen and oxygen atoms in total. The minimum Gasteiger partial charge on any atom is -0.459 e. The molecule has 1 heterocycles. The summed E-state index contributed by atoms with van der Waals surface area (Å²) in [6, 6.07) is 0. The first kappa shape index (κ1) is 18.0. The van der Waals surface area contributed by atoms with Crippen LogP contribution < -0.4 is 5.32 Å². The highest BCUT2D eigenvalue weighted by atomic mass is 32.1. The second-order valence-electron chi connectivity index (χ2n) is 8.49. The van der Waals surface area contributed by atoms with Crippen molar-refractivity contribution in [1.82, 2.24) is 0 Å².